The summed E-state index contributed by atoms with van der Waals surface area (Å²) in [6, 6.07) is 0. The van der Waals surface area contributed by atoms with Crippen LogP contribution in [-0.4, -0.2) is 4.82 Å². The molecule has 0 radical (unpaired) electrons. The molecular weight excluding hydrogens is 299 g/mol. The van der Waals surface area contributed by atoms with Crippen molar-refractivity contribution in [3.05, 3.63) is 47.6 Å². The molecule has 0 bridgehead atoms. The second-order valence-electron chi connectivity index (χ2n) is 3.86. The van der Waals surface area contributed by atoms with Crippen LogP contribution >= 0.6 is 24.8 Å². The van der Waals surface area contributed by atoms with Crippen LogP contribution in [0.15, 0.2) is 35.5 Å². The van der Waals surface area contributed by atoms with Gasteiger partial charge < -0.3 is 0 Å². The second kappa shape index (κ2) is 15.2. The summed E-state index contributed by atoms with van der Waals surface area (Å²) in [5.41, 5.74) is 2.64. The van der Waals surface area contributed by atoms with E-state index < -0.39 is 0 Å². The molecule has 2 rings (SSSR count). The van der Waals surface area contributed by atoms with E-state index in [0.29, 0.717) is 5.92 Å². The van der Waals surface area contributed by atoms with E-state index in [1.54, 1.807) is 20.0 Å². The van der Waals surface area contributed by atoms with Gasteiger partial charge in [-0.15, -0.1) is 37.7 Å². The Hall–Kier alpha value is 0.124. The maximum atomic E-state index is 3.26. The van der Waals surface area contributed by atoms with Gasteiger partial charge in [-0.1, -0.05) is 26.7 Å². The van der Waals surface area contributed by atoms with E-state index >= 15 is 0 Å². The van der Waals surface area contributed by atoms with Gasteiger partial charge in [-0.05, 0) is 0 Å². The average molecular weight is 321 g/mol. The fourth-order valence-corrected chi connectivity index (χ4v) is 1.33. The number of rotatable bonds is 1. The zero-order valence-electron chi connectivity index (χ0n) is 11.3. The second-order valence-corrected chi connectivity index (χ2v) is 3.86. The van der Waals surface area contributed by atoms with Crippen LogP contribution in [0.25, 0.3) is 0 Å². The van der Waals surface area contributed by atoms with Crippen LogP contribution in [0.5, 0.6) is 0 Å². The first-order chi connectivity index (χ1) is 7.70. The minimum absolute atomic E-state index is 0. The van der Waals surface area contributed by atoms with Crippen molar-refractivity contribution in [3.8, 4) is 0 Å². The van der Waals surface area contributed by atoms with Crippen LogP contribution in [0, 0.1) is 18.1 Å². The van der Waals surface area contributed by atoms with Gasteiger partial charge in [0.15, 0.2) is 0 Å². The Kier molecular flexibility index (Phi) is 19.6. The zero-order chi connectivity index (χ0) is 12.4. The van der Waals surface area contributed by atoms with Crippen LogP contribution < -0.4 is 0 Å². The fraction of sp³-hybridized carbons (Fsp3) is 0.400. The summed E-state index contributed by atoms with van der Waals surface area (Å²) in [6.45, 7) is 6.44. The van der Waals surface area contributed by atoms with Gasteiger partial charge in [-0.3, -0.25) is 12.2 Å². The number of halogens is 2. The van der Waals surface area contributed by atoms with Gasteiger partial charge in [-0.25, -0.2) is 23.3 Å². The van der Waals surface area contributed by atoms with Crippen molar-refractivity contribution in [1.29, 1.82) is 0 Å². The Morgan fingerprint density at radius 2 is 1.56 bits per heavy atom. The van der Waals surface area contributed by atoms with Crippen molar-refractivity contribution >= 4 is 29.6 Å². The number of hydrogen-bond donors (Lipinski definition) is 0. The Morgan fingerprint density at radius 3 is 1.72 bits per heavy atom. The fourth-order valence-electron chi connectivity index (χ4n) is 1.33. The molecule has 2 aliphatic carbocycles. The van der Waals surface area contributed by atoms with Gasteiger partial charge in [-0.2, -0.15) is 12.2 Å². The van der Waals surface area contributed by atoms with Crippen LogP contribution in [-0.2, 0) is 20.0 Å². The Balaban J connectivity index is -0.000000204. The molecule has 18 heavy (non-hydrogen) atoms. The summed E-state index contributed by atoms with van der Waals surface area (Å²) in [5.74, 6) is 0.661. The summed E-state index contributed by atoms with van der Waals surface area (Å²) in [4.78, 5) is 3.25. The molecule has 2 aliphatic rings. The van der Waals surface area contributed by atoms with E-state index in [9.17, 15) is 0 Å². The Bertz CT molecular complexity index is 310. The van der Waals surface area contributed by atoms with Gasteiger partial charge in [0, 0.05) is 0 Å². The molecule has 0 N–H and O–H groups in total. The van der Waals surface area contributed by atoms with E-state index in [1.807, 2.05) is 0 Å². The predicted octanol–water partition coefficient (Wildman–Crippen LogP) is 4.84. The molecule has 3 heteroatoms. The monoisotopic (exact) mass is 320 g/mol. The summed E-state index contributed by atoms with van der Waals surface area (Å²) in [5, 5.41) is 0. The third-order valence-corrected chi connectivity index (χ3v) is 2.21. The van der Waals surface area contributed by atoms with E-state index in [4.69, 9.17) is 0 Å². The summed E-state index contributed by atoms with van der Waals surface area (Å²) in [6.07, 6.45) is 16.9. The summed E-state index contributed by atoms with van der Waals surface area (Å²) >= 11 is 1.75. The van der Waals surface area contributed by atoms with Gasteiger partial charge in [0.25, 0.3) is 0 Å². The molecule has 100 valence electrons. The average Bonchev–Trinajstić information content (AvgIpc) is 2.93. The van der Waals surface area contributed by atoms with Gasteiger partial charge >= 0.3 is 24.8 Å². The van der Waals surface area contributed by atoms with Crippen LogP contribution in [0.4, 0.5) is 0 Å². The zero-order valence-corrected chi connectivity index (χ0v) is 14.5. The van der Waals surface area contributed by atoms with Crippen LogP contribution in [0.3, 0.4) is 0 Å². The first-order valence-corrected chi connectivity index (χ1v) is 6.67. The van der Waals surface area contributed by atoms with E-state index in [1.165, 1.54) is 11.1 Å². The van der Waals surface area contributed by atoms with Crippen molar-refractivity contribution < 1.29 is 20.0 Å². The Morgan fingerprint density at radius 1 is 1.06 bits per heavy atom. The molecule has 0 unspecified atom stereocenters. The molecular formula is C15H22Cl2Ti. The molecule has 0 amide bonds. The third kappa shape index (κ3) is 11.2. The SMILES string of the molecule is CC(C)C1=[C-]CC=C1.CC1=[C-]CC=C1.Cl.Cl.[CH2]=[Ti+2]. The predicted molar refractivity (Wildman–Crippen MR) is 83.2 cm³/mol. The van der Waals surface area contributed by atoms with E-state index in [0.717, 1.165) is 12.8 Å². The van der Waals surface area contributed by atoms with E-state index in [2.05, 4.69) is 62.0 Å². The topological polar surface area (TPSA) is 0 Å². The first kappa shape index (κ1) is 23.2. The molecule has 0 aromatic heterocycles. The van der Waals surface area contributed by atoms with Crippen molar-refractivity contribution in [3.63, 3.8) is 0 Å². The molecule has 0 aromatic carbocycles. The number of hydrogen-bond acceptors (Lipinski definition) is 0. The van der Waals surface area contributed by atoms with Crippen molar-refractivity contribution in [2.24, 2.45) is 5.92 Å². The van der Waals surface area contributed by atoms with Gasteiger partial charge in [0.2, 0.25) is 0 Å². The molecule has 0 aliphatic heterocycles. The van der Waals surface area contributed by atoms with E-state index in [-0.39, 0.29) is 24.8 Å². The molecule has 0 atom stereocenters. The van der Waals surface area contributed by atoms with Crippen LogP contribution in [0.2, 0.25) is 0 Å². The molecule has 0 spiro atoms. The summed E-state index contributed by atoms with van der Waals surface area (Å²) < 4.78 is 0. The van der Waals surface area contributed by atoms with Gasteiger partial charge in [0.1, 0.15) is 0 Å². The van der Waals surface area contributed by atoms with Gasteiger partial charge in [0.05, 0.1) is 0 Å². The third-order valence-electron chi connectivity index (χ3n) is 2.21. The minimum atomic E-state index is 0. The molecule has 0 saturated heterocycles. The van der Waals surface area contributed by atoms with Crippen molar-refractivity contribution in [2.45, 2.75) is 33.6 Å². The van der Waals surface area contributed by atoms with Crippen molar-refractivity contribution in [1.82, 2.24) is 0 Å². The standard InChI is InChI=1S/C8H11.C6H7.CH2.2ClH.Ti/c1-7(2)8-5-3-4-6-8;1-6-4-2-3-5-6;;;;/h3,5,7H,4H2,1-2H3;2,4H,3H2,1H3;1H2;2*1H;/q2*-1;;;;+2. The molecule has 0 saturated carbocycles. The number of allylic oxidation sites excluding steroid dienone is 8. The van der Waals surface area contributed by atoms with Crippen LogP contribution in [0.1, 0.15) is 33.6 Å². The Labute approximate surface area is 136 Å². The molecule has 0 nitrogen and oxygen atoms in total. The van der Waals surface area contributed by atoms with Crippen molar-refractivity contribution in [2.75, 3.05) is 0 Å². The summed E-state index contributed by atoms with van der Waals surface area (Å²) in [7, 11) is 0. The first-order valence-electron chi connectivity index (χ1n) is 5.56. The molecule has 0 aromatic rings. The quantitative estimate of drug-likeness (QED) is 0.479. The maximum absolute atomic E-state index is 3.26. The normalized spacial score (nSPS) is 14.3. The molecule has 0 heterocycles. The molecule has 0 fully saturated rings.